The predicted molar refractivity (Wildman–Crippen MR) is 82.0 cm³/mol. The molecule has 0 spiro atoms. The average molecular weight is 316 g/mol. The van der Waals surface area contributed by atoms with Gasteiger partial charge < -0.3 is 9.47 Å². The van der Waals surface area contributed by atoms with E-state index in [2.05, 4.69) is 12.3 Å². The molecule has 0 heterocycles. The molecule has 0 aromatic carbocycles. The van der Waals surface area contributed by atoms with E-state index in [9.17, 15) is 14.4 Å². The van der Waals surface area contributed by atoms with Crippen LogP contribution in [0.25, 0.3) is 0 Å². The summed E-state index contributed by atoms with van der Waals surface area (Å²) in [4.78, 5) is 35.6. The molecule has 0 aromatic rings. The number of nitrogens with zero attached hydrogens (tertiary/aromatic N) is 1. The van der Waals surface area contributed by atoms with Crippen LogP contribution in [-0.2, 0) is 14.3 Å². The second kappa shape index (κ2) is 10.9. The van der Waals surface area contributed by atoms with E-state index in [1.54, 1.807) is 27.7 Å². The Morgan fingerprint density at radius 3 is 2.05 bits per heavy atom. The van der Waals surface area contributed by atoms with Gasteiger partial charge in [0.15, 0.2) is 0 Å². The Bertz CT molecular complexity index is 369. The molecule has 7 heteroatoms. The first-order valence-corrected chi connectivity index (χ1v) is 7.78. The van der Waals surface area contributed by atoms with Crippen molar-refractivity contribution in [3.05, 3.63) is 0 Å². The number of imide groups is 1. The van der Waals surface area contributed by atoms with Crippen LogP contribution >= 0.6 is 0 Å². The third kappa shape index (κ3) is 9.20. The first kappa shape index (κ1) is 20.2. The highest BCUT2D eigenvalue weighted by molar-refractivity contribution is 5.93. The van der Waals surface area contributed by atoms with Crippen LogP contribution in [0.4, 0.5) is 9.59 Å². The van der Waals surface area contributed by atoms with E-state index < -0.39 is 24.2 Å². The lowest BCUT2D eigenvalue weighted by Gasteiger charge is -2.22. The van der Waals surface area contributed by atoms with Crippen molar-refractivity contribution in [2.75, 3.05) is 0 Å². The molecule has 128 valence electrons. The van der Waals surface area contributed by atoms with E-state index in [1.807, 2.05) is 0 Å². The van der Waals surface area contributed by atoms with Crippen molar-refractivity contribution in [3.8, 4) is 0 Å². The van der Waals surface area contributed by atoms with Gasteiger partial charge >= 0.3 is 12.2 Å². The number of carbonyl (C=O) groups is 3. The van der Waals surface area contributed by atoms with E-state index in [4.69, 9.17) is 9.47 Å². The number of rotatable bonds is 7. The van der Waals surface area contributed by atoms with E-state index in [1.165, 1.54) is 0 Å². The molecule has 3 amide bonds. The van der Waals surface area contributed by atoms with E-state index in [-0.39, 0.29) is 12.5 Å². The molecule has 7 nitrogen and oxygen atoms in total. The van der Waals surface area contributed by atoms with Crippen molar-refractivity contribution >= 4 is 18.1 Å². The van der Waals surface area contributed by atoms with Crippen molar-refractivity contribution in [2.24, 2.45) is 0 Å². The molecule has 0 unspecified atom stereocenters. The smallest absolute Gasteiger partial charge is 0.436 e. The summed E-state index contributed by atoms with van der Waals surface area (Å²) >= 11 is 0. The van der Waals surface area contributed by atoms with Gasteiger partial charge in [-0.05, 0) is 34.1 Å². The van der Waals surface area contributed by atoms with Crippen molar-refractivity contribution in [1.82, 2.24) is 10.4 Å². The Morgan fingerprint density at radius 1 is 0.955 bits per heavy atom. The fraction of sp³-hybridized carbons (Fsp3) is 0.800. The number of carbonyl (C=O) groups excluding carboxylic acids is 3. The summed E-state index contributed by atoms with van der Waals surface area (Å²) in [7, 11) is 0. The predicted octanol–water partition coefficient (Wildman–Crippen LogP) is 3.38. The number of hydrogen-bond acceptors (Lipinski definition) is 5. The van der Waals surface area contributed by atoms with Crippen LogP contribution in [0.1, 0.15) is 66.7 Å². The maximum Gasteiger partial charge on any atom is 0.436 e. The fourth-order valence-electron chi connectivity index (χ4n) is 1.61. The quantitative estimate of drug-likeness (QED) is 0.575. The van der Waals surface area contributed by atoms with E-state index in [0.29, 0.717) is 11.4 Å². The summed E-state index contributed by atoms with van der Waals surface area (Å²) < 4.78 is 9.84. The van der Waals surface area contributed by atoms with Crippen LogP contribution in [0.15, 0.2) is 0 Å². The second-order valence-electron chi connectivity index (χ2n) is 5.54. The van der Waals surface area contributed by atoms with Crippen LogP contribution in [0.2, 0.25) is 0 Å². The van der Waals surface area contributed by atoms with Crippen LogP contribution < -0.4 is 5.43 Å². The molecule has 0 aliphatic rings. The topological polar surface area (TPSA) is 84.9 Å². The highest BCUT2D eigenvalue weighted by Crippen LogP contribution is 2.06. The number of unbranched alkanes of at least 4 members (excludes halogenated alkanes) is 3. The highest BCUT2D eigenvalue weighted by atomic mass is 16.6. The lowest BCUT2D eigenvalue weighted by atomic mass is 10.1. The Labute approximate surface area is 132 Å². The van der Waals surface area contributed by atoms with Gasteiger partial charge in [-0.15, -0.1) is 5.01 Å². The average Bonchev–Trinajstić information content (AvgIpc) is 2.39. The molecule has 0 atom stereocenters. The van der Waals surface area contributed by atoms with Crippen molar-refractivity contribution < 1.29 is 23.9 Å². The van der Waals surface area contributed by atoms with Gasteiger partial charge in [-0.25, -0.2) is 15.0 Å². The molecule has 0 aliphatic heterocycles. The third-order valence-electron chi connectivity index (χ3n) is 2.56. The van der Waals surface area contributed by atoms with Gasteiger partial charge in [0.05, 0.1) is 12.2 Å². The zero-order chi connectivity index (χ0) is 17.1. The summed E-state index contributed by atoms with van der Waals surface area (Å²) in [6.07, 6.45) is 1.25. The zero-order valence-corrected chi connectivity index (χ0v) is 14.2. The Hall–Kier alpha value is -1.79. The molecule has 0 saturated carbocycles. The van der Waals surface area contributed by atoms with Crippen LogP contribution in [0, 0.1) is 0 Å². The summed E-state index contributed by atoms with van der Waals surface area (Å²) in [5.41, 5.74) is 2.14. The molecule has 0 bridgehead atoms. The zero-order valence-electron chi connectivity index (χ0n) is 14.2. The van der Waals surface area contributed by atoms with Gasteiger partial charge in [0, 0.05) is 6.42 Å². The number of nitrogens with one attached hydrogen (secondary N) is 1. The molecule has 0 radical (unpaired) electrons. The van der Waals surface area contributed by atoms with Gasteiger partial charge in [-0.3, -0.25) is 4.79 Å². The molecular formula is C15H28N2O5. The van der Waals surface area contributed by atoms with Gasteiger partial charge in [0.2, 0.25) is 0 Å². The molecule has 0 aliphatic carbocycles. The minimum absolute atomic E-state index is 0.162. The fourth-order valence-corrected chi connectivity index (χ4v) is 1.61. The molecule has 0 aromatic heterocycles. The summed E-state index contributed by atoms with van der Waals surface area (Å²) in [6, 6.07) is 0. The number of hydrazine groups is 1. The summed E-state index contributed by atoms with van der Waals surface area (Å²) in [6.45, 7) is 8.73. The maximum atomic E-state index is 12.1. The van der Waals surface area contributed by atoms with E-state index in [0.717, 1.165) is 19.3 Å². The van der Waals surface area contributed by atoms with Gasteiger partial charge in [-0.2, -0.15) is 0 Å². The molecule has 1 N–H and O–H groups in total. The summed E-state index contributed by atoms with van der Waals surface area (Å²) in [5, 5.41) is 0.594. The Morgan fingerprint density at radius 2 is 1.55 bits per heavy atom. The minimum Gasteiger partial charge on any atom is -0.446 e. The standard InChI is InChI=1S/C15H28N2O5/c1-6-7-8-9-10-13(18)17(15(20)22-12(4)5)16-14(19)21-11(2)3/h11-12H,6-10H2,1-5H3,(H,16,19). The molecule has 0 saturated heterocycles. The Balaban J connectivity index is 4.66. The number of hydrogen-bond donors (Lipinski definition) is 1. The van der Waals surface area contributed by atoms with Crippen LogP contribution in [-0.4, -0.2) is 35.3 Å². The van der Waals surface area contributed by atoms with Crippen LogP contribution in [0.3, 0.4) is 0 Å². The van der Waals surface area contributed by atoms with Gasteiger partial charge in [0.25, 0.3) is 5.91 Å². The lowest BCUT2D eigenvalue weighted by molar-refractivity contribution is -0.132. The van der Waals surface area contributed by atoms with Crippen molar-refractivity contribution in [1.29, 1.82) is 0 Å². The Kier molecular flexibility index (Phi) is 9.98. The second-order valence-corrected chi connectivity index (χ2v) is 5.54. The monoisotopic (exact) mass is 316 g/mol. The lowest BCUT2D eigenvalue weighted by Crippen LogP contribution is -2.51. The molecule has 0 fully saturated rings. The van der Waals surface area contributed by atoms with Gasteiger partial charge in [-0.1, -0.05) is 26.2 Å². The minimum atomic E-state index is -0.906. The number of ether oxygens (including phenoxy) is 2. The summed E-state index contributed by atoms with van der Waals surface area (Å²) in [5.74, 6) is -0.512. The van der Waals surface area contributed by atoms with Crippen molar-refractivity contribution in [3.63, 3.8) is 0 Å². The maximum absolute atomic E-state index is 12.1. The SMILES string of the molecule is CCCCCCC(=O)N(NC(=O)OC(C)C)C(=O)OC(C)C. The van der Waals surface area contributed by atoms with E-state index >= 15 is 0 Å². The normalized spacial score (nSPS) is 10.5. The first-order valence-electron chi connectivity index (χ1n) is 7.78. The molecule has 22 heavy (non-hydrogen) atoms. The highest BCUT2D eigenvalue weighted by Gasteiger charge is 2.26. The molecule has 0 rings (SSSR count). The van der Waals surface area contributed by atoms with Crippen molar-refractivity contribution in [2.45, 2.75) is 78.9 Å². The van der Waals surface area contributed by atoms with Crippen LogP contribution in [0.5, 0.6) is 0 Å². The van der Waals surface area contributed by atoms with Gasteiger partial charge in [0.1, 0.15) is 0 Å². The first-order chi connectivity index (χ1) is 10.3. The number of amides is 3. The third-order valence-corrected chi connectivity index (χ3v) is 2.56. The molecular weight excluding hydrogens is 288 g/mol. The largest absolute Gasteiger partial charge is 0.446 e.